The lowest BCUT2D eigenvalue weighted by molar-refractivity contribution is -0.115. The Bertz CT molecular complexity index is 780. The summed E-state index contributed by atoms with van der Waals surface area (Å²) < 4.78 is 1.62. The van der Waals surface area contributed by atoms with Gasteiger partial charge in [0.15, 0.2) is 5.16 Å². The summed E-state index contributed by atoms with van der Waals surface area (Å²) >= 11 is 13.1. The molecule has 23 heavy (non-hydrogen) atoms. The first-order valence-electron chi connectivity index (χ1n) is 7.04. The van der Waals surface area contributed by atoms with Gasteiger partial charge in [-0.05, 0) is 38.0 Å². The number of halogens is 2. The molecule has 1 fully saturated rings. The highest BCUT2D eigenvalue weighted by atomic mass is 35.5. The number of carbonyl (C=O) groups is 1. The Labute approximate surface area is 146 Å². The molecule has 1 saturated carbocycles. The largest absolute Gasteiger partial charge is 0.344 e. The molecule has 0 bridgehead atoms. The van der Waals surface area contributed by atoms with Crippen LogP contribution in [0.25, 0.3) is 0 Å². The van der Waals surface area contributed by atoms with E-state index in [4.69, 9.17) is 23.2 Å². The predicted octanol–water partition coefficient (Wildman–Crippen LogP) is 3.33. The summed E-state index contributed by atoms with van der Waals surface area (Å²) in [4.78, 5) is 24.0. The maximum absolute atomic E-state index is 12.3. The summed E-state index contributed by atoms with van der Waals surface area (Å²) in [6.07, 6.45) is 1.93. The molecule has 6 nitrogen and oxygen atoms in total. The van der Waals surface area contributed by atoms with E-state index in [2.05, 4.69) is 15.5 Å². The van der Waals surface area contributed by atoms with E-state index in [9.17, 15) is 9.59 Å². The Morgan fingerprint density at radius 2 is 2.04 bits per heavy atom. The molecular weight excluding hydrogens is 359 g/mol. The molecule has 0 radical (unpaired) electrons. The molecule has 1 aliphatic rings. The van der Waals surface area contributed by atoms with Gasteiger partial charge in [0.05, 0.1) is 5.25 Å². The first-order valence-corrected chi connectivity index (χ1v) is 8.68. The molecule has 1 amide bonds. The fraction of sp³-hybridized carbons (Fsp3) is 0.357. The van der Waals surface area contributed by atoms with Gasteiger partial charge in [0.25, 0.3) is 0 Å². The minimum atomic E-state index is -0.430. The minimum absolute atomic E-state index is 0.200. The van der Waals surface area contributed by atoms with Crippen LogP contribution in [0.5, 0.6) is 0 Å². The Morgan fingerprint density at radius 3 is 2.65 bits per heavy atom. The Morgan fingerprint density at radius 1 is 1.39 bits per heavy atom. The molecule has 1 atom stereocenters. The van der Waals surface area contributed by atoms with Gasteiger partial charge in [-0.25, -0.2) is 9.89 Å². The molecule has 0 saturated heterocycles. The lowest BCUT2D eigenvalue weighted by Crippen LogP contribution is -2.23. The van der Waals surface area contributed by atoms with Crippen molar-refractivity contribution >= 4 is 46.6 Å². The molecule has 1 heterocycles. The lowest BCUT2D eigenvalue weighted by atomic mass is 10.3. The number of nitrogens with zero attached hydrogens (tertiary/aromatic N) is 2. The zero-order valence-electron chi connectivity index (χ0n) is 12.2. The molecule has 3 rings (SSSR count). The van der Waals surface area contributed by atoms with E-state index in [-0.39, 0.29) is 17.6 Å². The molecule has 122 valence electrons. The van der Waals surface area contributed by atoms with Crippen LogP contribution in [0.1, 0.15) is 25.8 Å². The molecule has 0 spiro atoms. The van der Waals surface area contributed by atoms with Crippen LogP contribution in [-0.2, 0) is 4.79 Å². The van der Waals surface area contributed by atoms with Crippen LogP contribution < -0.4 is 11.0 Å². The van der Waals surface area contributed by atoms with Crippen LogP contribution in [0, 0.1) is 0 Å². The van der Waals surface area contributed by atoms with Crippen LogP contribution in [0.4, 0.5) is 5.69 Å². The van der Waals surface area contributed by atoms with Crippen molar-refractivity contribution in [3.63, 3.8) is 0 Å². The number of benzene rings is 1. The van der Waals surface area contributed by atoms with Crippen molar-refractivity contribution in [2.75, 3.05) is 5.32 Å². The van der Waals surface area contributed by atoms with E-state index in [0.717, 1.165) is 12.8 Å². The van der Waals surface area contributed by atoms with Gasteiger partial charge in [-0.15, -0.1) is 5.10 Å². The zero-order chi connectivity index (χ0) is 16.6. The smallest absolute Gasteiger partial charge is 0.325 e. The topological polar surface area (TPSA) is 79.8 Å². The zero-order valence-corrected chi connectivity index (χ0v) is 14.5. The summed E-state index contributed by atoms with van der Waals surface area (Å²) in [5.74, 6) is -0.217. The number of carbonyl (C=O) groups excluding carboxylic acids is 1. The number of anilines is 1. The van der Waals surface area contributed by atoms with E-state index >= 15 is 0 Å². The van der Waals surface area contributed by atoms with E-state index in [1.165, 1.54) is 11.8 Å². The normalized spacial score (nSPS) is 15.4. The van der Waals surface area contributed by atoms with Gasteiger partial charge >= 0.3 is 5.69 Å². The number of aromatic nitrogens is 3. The number of aromatic amines is 1. The third-order valence-electron chi connectivity index (χ3n) is 3.37. The minimum Gasteiger partial charge on any atom is -0.325 e. The van der Waals surface area contributed by atoms with Gasteiger partial charge in [-0.2, -0.15) is 0 Å². The van der Waals surface area contributed by atoms with Crippen LogP contribution in [-0.4, -0.2) is 25.9 Å². The quantitative estimate of drug-likeness (QED) is 0.788. The average molecular weight is 373 g/mol. The number of nitrogens with one attached hydrogen (secondary N) is 2. The third kappa shape index (κ3) is 3.91. The second-order valence-electron chi connectivity index (χ2n) is 5.32. The number of rotatable bonds is 5. The number of hydrogen-bond acceptors (Lipinski definition) is 4. The SMILES string of the molecule is C[C@@H](Sc1n[nH]c(=O)n1C1CC1)C(=O)Nc1cc(Cl)cc(Cl)c1. The van der Waals surface area contributed by atoms with Gasteiger partial charge in [0, 0.05) is 21.8 Å². The highest BCUT2D eigenvalue weighted by Crippen LogP contribution is 2.36. The Hall–Kier alpha value is -1.44. The highest BCUT2D eigenvalue weighted by Gasteiger charge is 2.30. The van der Waals surface area contributed by atoms with Gasteiger partial charge in [0.2, 0.25) is 5.91 Å². The predicted molar refractivity (Wildman–Crippen MR) is 91.5 cm³/mol. The molecule has 1 aliphatic carbocycles. The first kappa shape index (κ1) is 16.4. The molecule has 1 aromatic heterocycles. The van der Waals surface area contributed by atoms with Gasteiger partial charge in [-0.1, -0.05) is 35.0 Å². The van der Waals surface area contributed by atoms with Crippen molar-refractivity contribution in [2.24, 2.45) is 0 Å². The van der Waals surface area contributed by atoms with Crippen molar-refractivity contribution in [1.82, 2.24) is 14.8 Å². The Kier molecular flexibility index (Phi) is 4.70. The Balaban J connectivity index is 1.69. The maximum atomic E-state index is 12.3. The van der Waals surface area contributed by atoms with Crippen molar-refractivity contribution in [2.45, 2.75) is 36.2 Å². The number of H-pyrrole nitrogens is 1. The van der Waals surface area contributed by atoms with E-state index in [1.54, 1.807) is 29.7 Å². The van der Waals surface area contributed by atoms with Crippen LogP contribution >= 0.6 is 35.0 Å². The monoisotopic (exact) mass is 372 g/mol. The summed E-state index contributed by atoms with van der Waals surface area (Å²) in [6, 6.07) is 5.04. The summed E-state index contributed by atoms with van der Waals surface area (Å²) in [5.41, 5.74) is 0.297. The molecular formula is C14H14Cl2N4O2S. The number of thioether (sulfide) groups is 1. The fourth-order valence-electron chi connectivity index (χ4n) is 2.11. The molecule has 9 heteroatoms. The standard InChI is InChI=1S/C14H14Cl2N4O2S/c1-7(12(21)17-10-5-8(15)4-9(16)6-10)23-14-19-18-13(22)20(14)11-2-3-11/h4-7,11H,2-3H2,1H3,(H,17,21)(H,18,22)/t7-/m1/s1. The summed E-state index contributed by atoms with van der Waals surface area (Å²) in [5, 5.41) is 10.2. The summed E-state index contributed by atoms with van der Waals surface area (Å²) in [6.45, 7) is 1.75. The van der Waals surface area contributed by atoms with E-state index in [0.29, 0.717) is 20.9 Å². The van der Waals surface area contributed by atoms with E-state index < -0.39 is 5.25 Å². The third-order valence-corrected chi connectivity index (χ3v) is 4.87. The average Bonchev–Trinajstić information content (AvgIpc) is 3.22. The van der Waals surface area contributed by atoms with E-state index in [1.807, 2.05) is 0 Å². The van der Waals surface area contributed by atoms with Crippen LogP contribution in [0.2, 0.25) is 10.0 Å². The lowest BCUT2D eigenvalue weighted by Gasteiger charge is -2.12. The van der Waals surface area contributed by atoms with Crippen molar-refractivity contribution in [3.05, 3.63) is 38.7 Å². The number of amides is 1. The van der Waals surface area contributed by atoms with Gasteiger partial charge in [0.1, 0.15) is 0 Å². The van der Waals surface area contributed by atoms with Crippen molar-refractivity contribution < 1.29 is 4.79 Å². The van der Waals surface area contributed by atoms with Crippen molar-refractivity contribution in [3.8, 4) is 0 Å². The second kappa shape index (κ2) is 6.59. The molecule has 0 unspecified atom stereocenters. The molecule has 0 aliphatic heterocycles. The number of hydrogen-bond donors (Lipinski definition) is 2. The van der Waals surface area contributed by atoms with Crippen molar-refractivity contribution in [1.29, 1.82) is 0 Å². The first-order chi connectivity index (χ1) is 10.9. The second-order valence-corrected chi connectivity index (χ2v) is 7.50. The maximum Gasteiger partial charge on any atom is 0.344 e. The molecule has 2 N–H and O–H groups in total. The van der Waals surface area contributed by atoms with Gasteiger partial charge < -0.3 is 5.32 Å². The fourth-order valence-corrected chi connectivity index (χ4v) is 3.56. The molecule has 2 aromatic rings. The summed E-state index contributed by atoms with van der Waals surface area (Å²) in [7, 11) is 0. The van der Waals surface area contributed by atoms with Gasteiger partial charge in [-0.3, -0.25) is 9.36 Å². The van der Waals surface area contributed by atoms with Crippen LogP contribution in [0.3, 0.4) is 0 Å². The molecule has 1 aromatic carbocycles. The highest BCUT2D eigenvalue weighted by molar-refractivity contribution is 8.00. The van der Waals surface area contributed by atoms with Crippen LogP contribution in [0.15, 0.2) is 28.2 Å².